The Balaban J connectivity index is 2.25. The lowest BCUT2D eigenvalue weighted by atomic mass is 10.1. The number of likely N-dealkylation sites (N-methyl/N-ethyl adjacent to an activating group) is 1. The van der Waals surface area contributed by atoms with Crippen molar-refractivity contribution < 1.29 is 4.74 Å². The molecular weight excluding hydrogens is 228 g/mol. The summed E-state index contributed by atoms with van der Waals surface area (Å²) in [5, 5.41) is 0.510. The quantitative estimate of drug-likeness (QED) is 0.848. The van der Waals surface area contributed by atoms with Crippen LogP contribution >= 0.6 is 11.6 Å². The second kappa shape index (κ2) is 4.43. The van der Waals surface area contributed by atoms with Crippen LogP contribution in [0.25, 0.3) is 0 Å². The zero-order valence-electron chi connectivity index (χ0n) is 9.35. The molecule has 0 radical (unpaired) electrons. The summed E-state index contributed by atoms with van der Waals surface area (Å²) in [4.78, 5) is 10.0. The first-order valence-electron chi connectivity index (χ1n) is 5.22. The Kier molecular flexibility index (Phi) is 3.16. The van der Waals surface area contributed by atoms with Crippen molar-refractivity contribution >= 4 is 23.4 Å². The van der Waals surface area contributed by atoms with Gasteiger partial charge in [-0.05, 0) is 13.3 Å². The van der Waals surface area contributed by atoms with Gasteiger partial charge in [0.25, 0.3) is 0 Å². The second-order valence-electron chi connectivity index (χ2n) is 3.94. The number of nitrogens with two attached hydrogens (primary N) is 1. The van der Waals surface area contributed by atoms with Gasteiger partial charge in [-0.2, -0.15) is 4.98 Å². The highest BCUT2D eigenvalue weighted by molar-refractivity contribution is 6.32. The van der Waals surface area contributed by atoms with Crippen molar-refractivity contribution in [2.75, 3.05) is 24.3 Å². The van der Waals surface area contributed by atoms with Gasteiger partial charge in [0.15, 0.2) is 5.82 Å². The lowest BCUT2D eigenvalue weighted by molar-refractivity contribution is 0.118. The van der Waals surface area contributed by atoms with E-state index in [0.29, 0.717) is 10.8 Å². The summed E-state index contributed by atoms with van der Waals surface area (Å²) in [5.41, 5.74) is 5.56. The second-order valence-corrected chi connectivity index (χ2v) is 4.35. The van der Waals surface area contributed by atoms with E-state index >= 15 is 0 Å². The van der Waals surface area contributed by atoms with E-state index in [1.54, 1.807) is 0 Å². The first-order chi connectivity index (χ1) is 7.59. The molecule has 6 heteroatoms. The number of hydrogen-bond donors (Lipinski definition) is 1. The summed E-state index contributed by atoms with van der Waals surface area (Å²) >= 11 is 6.05. The molecule has 2 unspecified atom stereocenters. The lowest BCUT2D eigenvalue weighted by Gasteiger charge is -2.28. The molecule has 0 bridgehead atoms. The summed E-state index contributed by atoms with van der Waals surface area (Å²) in [5.74, 6) is 0.898. The third kappa shape index (κ3) is 2.05. The van der Waals surface area contributed by atoms with Gasteiger partial charge in [0.2, 0.25) is 5.95 Å². The van der Waals surface area contributed by atoms with Gasteiger partial charge in [-0.15, -0.1) is 0 Å². The monoisotopic (exact) mass is 242 g/mol. The van der Waals surface area contributed by atoms with Gasteiger partial charge in [-0.3, -0.25) is 0 Å². The molecule has 1 aromatic heterocycles. The first kappa shape index (κ1) is 11.4. The molecule has 1 aliphatic rings. The predicted molar refractivity (Wildman–Crippen MR) is 63.7 cm³/mol. The largest absolute Gasteiger partial charge is 0.376 e. The van der Waals surface area contributed by atoms with E-state index in [4.69, 9.17) is 22.1 Å². The number of ether oxygens (including phenoxy) is 1. The zero-order valence-corrected chi connectivity index (χ0v) is 10.1. The fraction of sp³-hybridized carbons (Fsp3) is 0.600. The zero-order chi connectivity index (χ0) is 11.7. The first-order valence-corrected chi connectivity index (χ1v) is 5.60. The highest BCUT2D eigenvalue weighted by Gasteiger charge is 2.29. The summed E-state index contributed by atoms with van der Waals surface area (Å²) < 4.78 is 5.52. The van der Waals surface area contributed by atoms with Crippen molar-refractivity contribution in [3.05, 3.63) is 11.2 Å². The van der Waals surface area contributed by atoms with Crippen LogP contribution in [0, 0.1) is 0 Å². The minimum absolute atomic E-state index is 0.178. The third-order valence-corrected chi connectivity index (χ3v) is 3.18. The van der Waals surface area contributed by atoms with Gasteiger partial charge in [-0.25, -0.2) is 4.98 Å². The Bertz CT molecular complexity index is 387. The molecule has 0 saturated carbocycles. The molecule has 2 atom stereocenters. The van der Waals surface area contributed by atoms with Crippen molar-refractivity contribution in [1.82, 2.24) is 9.97 Å². The molecule has 1 saturated heterocycles. The molecule has 1 aromatic rings. The Morgan fingerprint density at radius 2 is 2.38 bits per heavy atom. The number of rotatable bonds is 2. The molecule has 88 valence electrons. The fourth-order valence-corrected chi connectivity index (χ4v) is 2.23. The van der Waals surface area contributed by atoms with Gasteiger partial charge >= 0.3 is 0 Å². The molecule has 5 nitrogen and oxygen atoms in total. The smallest absolute Gasteiger partial charge is 0.222 e. The number of anilines is 2. The van der Waals surface area contributed by atoms with E-state index < -0.39 is 0 Å². The van der Waals surface area contributed by atoms with Crippen LogP contribution in [0.3, 0.4) is 0 Å². The molecular formula is C10H15ClN4O. The standard InChI is InChI=1S/C10H15ClN4O/c1-6-8(3-4-16-6)15(2)9-7(11)5-13-10(12)14-9/h5-6,8H,3-4H2,1-2H3,(H2,12,13,14). The number of nitrogen functional groups attached to an aromatic ring is 1. The Hall–Kier alpha value is -1.07. The van der Waals surface area contributed by atoms with E-state index in [2.05, 4.69) is 9.97 Å². The molecule has 2 heterocycles. The molecule has 2 N–H and O–H groups in total. The maximum Gasteiger partial charge on any atom is 0.222 e. The third-order valence-electron chi connectivity index (χ3n) is 2.91. The topological polar surface area (TPSA) is 64.3 Å². The average molecular weight is 243 g/mol. The van der Waals surface area contributed by atoms with Gasteiger partial charge in [0.1, 0.15) is 5.02 Å². The van der Waals surface area contributed by atoms with Crippen molar-refractivity contribution in [3.63, 3.8) is 0 Å². The van der Waals surface area contributed by atoms with E-state index in [1.165, 1.54) is 6.20 Å². The van der Waals surface area contributed by atoms with Crippen molar-refractivity contribution in [2.45, 2.75) is 25.5 Å². The highest BCUT2D eigenvalue weighted by Crippen LogP contribution is 2.28. The van der Waals surface area contributed by atoms with E-state index in [9.17, 15) is 0 Å². The number of hydrogen-bond acceptors (Lipinski definition) is 5. The van der Waals surface area contributed by atoms with Crippen molar-refractivity contribution in [1.29, 1.82) is 0 Å². The predicted octanol–water partition coefficient (Wildman–Crippen LogP) is 1.33. The maximum absolute atomic E-state index is 6.05. The van der Waals surface area contributed by atoms with E-state index in [1.807, 2.05) is 18.9 Å². The summed E-state index contributed by atoms with van der Waals surface area (Å²) in [6, 6.07) is 0.284. The molecule has 1 aliphatic heterocycles. The number of halogens is 1. The van der Waals surface area contributed by atoms with Crippen LogP contribution in [0.1, 0.15) is 13.3 Å². The van der Waals surface area contributed by atoms with Crippen LogP contribution in [-0.4, -0.2) is 35.8 Å². The highest BCUT2D eigenvalue weighted by atomic mass is 35.5. The fourth-order valence-electron chi connectivity index (χ4n) is 2.00. The average Bonchev–Trinajstić information content (AvgIpc) is 2.67. The normalized spacial score (nSPS) is 24.7. The number of aromatic nitrogens is 2. The summed E-state index contributed by atoms with van der Waals surface area (Å²) in [6.07, 6.45) is 2.67. The molecule has 0 aromatic carbocycles. The summed E-state index contributed by atoms with van der Waals surface area (Å²) in [7, 11) is 1.95. The van der Waals surface area contributed by atoms with Crippen molar-refractivity contribution in [3.8, 4) is 0 Å². The molecule has 2 rings (SSSR count). The van der Waals surface area contributed by atoms with Crippen LogP contribution in [-0.2, 0) is 4.74 Å². The van der Waals surface area contributed by atoms with Gasteiger partial charge in [0, 0.05) is 13.7 Å². The molecule has 0 spiro atoms. The van der Waals surface area contributed by atoms with Crippen LogP contribution in [0.2, 0.25) is 5.02 Å². The SMILES string of the molecule is CC1OCCC1N(C)c1nc(N)ncc1Cl. The van der Waals surface area contributed by atoms with Crippen LogP contribution in [0.4, 0.5) is 11.8 Å². The Labute approximate surface area is 99.6 Å². The maximum atomic E-state index is 6.05. The van der Waals surface area contributed by atoms with Crippen LogP contribution < -0.4 is 10.6 Å². The Morgan fingerprint density at radius 1 is 1.62 bits per heavy atom. The van der Waals surface area contributed by atoms with Crippen LogP contribution in [0.5, 0.6) is 0 Å². The van der Waals surface area contributed by atoms with Gasteiger partial charge in [-0.1, -0.05) is 11.6 Å². The molecule has 16 heavy (non-hydrogen) atoms. The molecule has 0 aliphatic carbocycles. The summed E-state index contributed by atoms with van der Waals surface area (Å²) in [6.45, 7) is 2.82. The number of nitrogens with zero attached hydrogens (tertiary/aromatic N) is 3. The van der Waals surface area contributed by atoms with Crippen molar-refractivity contribution in [2.24, 2.45) is 0 Å². The van der Waals surface area contributed by atoms with Gasteiger partial charge in [0.05, 0.1) is 18.3 Å². The molecule has 1 fully saturated rings. The van der Waals surface area contributed by atoms with Gasteiger partial charge < -0.3 is 15.4 Å². The van der Waals surface area contributed by atoms with Crippen LogP contribution in [0.15, 0.2) is 6.20 Å². The lowest BCUT2D eigenvalue weighted by Crippen LogP contribution is -2.37. The van der Waals surface area contributed by atoms with E-state index in [-0.39, 0.29) is 18.1 Å². The minimum atomic E-state index is 0.178. The molecule has 0 amide bonds. The Morgan fingerprint density at radius 3 is 3.00 bits per heavy atom. The minimum Gasteiger partial charge on any atom is -0.376 e. The van der Waals surface area contributed by atoms with E-state index in [0.717, 1.165) is 13.0 Å².